The molecule has 2 aromatic heterocycles. The largest absolute Gasteiger partial charge is 0.322 e. The topological polar surface area (TPSA) is 82.5 Å². The molecular weight excluding hydrogens is 228 g/mol. The van der Waals surface area contributed by atoms with Crippen LogP contribution in [0.1, 0.15) is 31.4 Å². The third-order valence-electron chi connectivity index (χ3n) is 2.60. The molecule has 6 heteroatoms. The van der Waals surface area contributed by atoms with Gasteiger partial charge in [-0.25, -0.2) is 9.67 Å². The van der Waals surface area contributed by atoms with Gasteiger partial charge in [0.05, 0.1) is 11.7 Å². The first-order chi connectivity index (χ1) is 8.66. The number of rotatable bonds is 5. The average molecular weight is 246 g/mol. The van der Waals surface area contributed by atoms with Crippen molar-refractivity contribution in [3.63, 3.8) is 0 Å². The summed E-state index contributed by atoms with van der Waals surface area (Å²) in [4.78, 5) is 12.5. The van der Waals surface area contributed by atoms with Gasteiger partial charge in [-0.2, -0.15) is 5.10 Å². The molecule has 2 N–H and O–H groups in total. The molecular formula is C12H18N6. The zero-order valence-corrected chi connectivity index (χ0v) is 10.7. The van der Waals surface area contributed by atoms with Gasteiger partial charge in [0.2, 0.25) is 0 Å². The standard InChI is InChI=1S/C12H18N6/c1-9(2)7-18-12(16-8-17-18)5-10(13)11-6-14-3-4-15-11/h3-4,6,8-10H,5,7,13H2,1-2H3. The van der Waals surface area contributed by atoms with E-state index in [1.807, 2.05) is 4.68 Å². The molecule has 0 spiro atoms. The van der Waals surface area contributed by atoms with Crippen LogP contribution >= 0.6 is 0 Å². The van der Waals surface area contributed by atoms with Crippen LogP contribution in [-0.4, -0.2) is 24.7 Å². The fourth-order valence-corrected chi connectivity index (χ4v) is 1.75. The number of aromatic nitrogens is 5. The van der Waals surface area contributed by atoms with E-state index in [4.69, 9.17) is 5.73 Å². The van der Waals surface area contributed by atoms with Crippen LogP contribution in [-0.2, 0) is 13.0 Å². The van der Waals surface area contributed by atoms with Gasteiger partial charge in [-0.05, 0) is 5.92 Å². The van der Waals surface area contributed by atoms with E-state index in [-0.39, 0.29) is 6.04 Å². The van der Waals surface area contributed by atoms with Crippen LogP contribution in [0.4, 0.5) is 0 Å². The summed E-state index contributed by atoms with van der Waals surface area (Å²) in [6, 6.07) is -0.200. The first kappa shape index (κ1) is 12.6. The summed E-state index contributed by atoms with van der Waals surface area (Å²) < 4.78 is 1.90. The van der Waals surface area contributed by atoms with Crippen molar-refractivity contribution in [2.24, 2.45) is 11.7 Å². The minimum Gasteiger partial charge on any atom is -0.322 e. The average Bonchev–Trinajstić information content (AvgIpc) is 2.77. The Morgan fingerprint density at radius 2 is 2.11 bits per heavy atom. The lowest BCUT2D eigenvalue weighted by Crippen LogP contribution is -2.19. The van der Waals surface area contributed by atoms with Crippen LogP contribution in [0.3, 0.4) is 0 Å². The molecule has 96 valence electrons. The molecule has 1 atom stereocenters. The van der Waals surface area contributed by atoms with Gasteiger partial charge in [-0.1, -0.05) is 13.8 Å². The van der Waals surface area contributed by atoms with Gasteiger partial charge in [0.1, 0.15) is 12.2 Å². The molecule has 2 aromatic rings. The molecule has 6 nitrogen and oxygen atoms in total. The van der Waals surface area contributed by atoms with E-state index in [2.05, 4.69) is 33.9 Å². The summed E-state index contributed by atoms with van der Waals surface area (Å²) in [7, 11) is 0. The minimum atomic E-state index is -0.200. The van der Waals surface area contributed by atoms with Crippen molar-refractivity contribution < 1.29 is 0 Å². The molecule has 1 unspecified atom stereocenters. The Morgan fingerprint density at radius 1 is 1.28 bits per heavy atom. The Bertz CT molecular complexity index is 478. The highest BCUT2D eigenvalue weighted by Crippen LogP contribution is 2.12. The fourth-order valence-electron chi connectivity index (χ4n) is 1.75. The van der Waals surface area contributed by atoms with Gasteiger partial charge in [0.25, 0.3) is 0 Å². The van der Waals surface area contributed by atoms with Crippen molar-refractivity contribution in [2.75, 3.05) is 0 Å². The molecule has 2 rings (SSSR count). The molecule has 0 bridgehead atoms. The van der Waals surface area contributed by atoms with Gasteiger partial charge in [-0.3, -0.25) is 9.97 Å². The molecule has 0 radical (unpaired) electrons. The highest BCUT2D eigenvalue weighted by Gasteiger charge is 2.13. The molecule has 2 heterocycles. The van der Waals surface area contributed by atoms with Crippen LogP contribution in [0, 0.1) is 5.92 Å². The number of hydrogen-bond donors (Lipinski definition) is 1. The van der Waals surface area contributed by atoms with Crippen LogP contribution in [0.15, 0.2) is 24.9 Å². The zero-order valence-electron chi connectivity index (χ0n) is 10.7. The van der Waals surface area contributed by atoms with E-state index < -0.39 is 0 Å². The Labute approximate surface area is 106 Å². The second-order valence-corrected chi connectivity index (χ2v) is 4.69. The predicted octanol–water partition coefficient (Wildman–Crippen LogP) is 0.967. The van der Waals surface area contributed by atoms with E-state index in [1.54, 1.807) is 24.9 Å². The Hall–Kier alpha value is -1.82. The van der Waals surface area contributed by atoms with Crippen LogP contribution in [0.25, 0.3) is 0 Å². The van der Waals surface area contributed by atoms with Gasteiger partial charge in [-0.15, -0.1) is 0 Å². The summed E-state index contributed by atoms with van der Waals surface area (Å²) in [5, 5.41) is 4.22. The number of nitrogens with zero attached hydrogens (tertiary/aromatic N) is 5. The number of hydrogen-bond acceptors (Lipinski definition) is 5. The monoisotopic (exact) mass is 246 g/mol. The molecule has 18 heavy (non-hydrogen) atoms. The van der Waals surface area contributed by atoms with E-state index >= 15 is 0 Å². The van der Waals surface area contributed by atoms with Crippen molar-refractivity contribution in [1.29, 1.82) is 0 Å². The summed E-state index contributed by atoms with van der Waals surface area (Å²) in [6.45, 7) is 5.14. The van der Waals surface area contributed by atoms with E-state index in [0.717, 1.165) is 18.1 Å². The third-order valence-corrected chi connectivity index (χ3v) is 2.60. The van der Waals surface area contributed by atoms with E-state index in [0.29, 0.717) is 12.3 Å². The first-order valence-corrected chi connectivity index (χ1v) is 6.05. The highest BCUT2D eigenvalue weighted by atomic mass is 15.3. The third kappa shape index (κ3) is 3.10. The van der Waals surface area contributed by atoms with Crippen molar-refractivity contribution >= 4 is 0 Å². The van der Waals surface area contributed by atoms with Crippen LogP contribution in [0.5, 0.6) is 0 Å². The molecule has 0 aliphatic carbocycles. The zero-order chi connectivity index (χ0) is 13.0. The summed E-state index contributed by atoms with van der Waals surface area (Å²) in [5.41, 5.74) is 6.88. The van der Waals surface area contributed by atoms with Gasteiger partial charge in [0.15, 0.2) is 0 Å². The lowest BCUT2D eigenvalue weighted by Gasteiger charge is -2.12. The number of nitrogens with two attached hydrogens (primary N) is 1. The molecule has 0 saturated heterocycles. The van der Waals surface area contributed by atoms with Crippen molar-refractivity contribution in [3.05, 3.63) is 36.4 Å². The maximum Gasteiger partial charge on any atom is 0.138 e. The van der Waals surface area contributed by atoms with E-state index in [9.17, 15) is 0 Å². The first-order valence-electron chi connectivity index (χ1n) is 6.05. The maximum atomic E-state index is 6.10. The molecule has 0 fully saturated rings. The van der Waals surface area contributed by atoms with Crippen molar-refractivity contribution in [2.45, 2.75) is 32.9 Å². The smallest absolute Gasteiger partial charge is 0.138 e. The summed E-state index contributed by atoms with van der Waals surface area (Å²) >= 11 is 0. The lowest BCUT2D eigenvalue weighted by molar-refractivity contribution is 0.458. The summed E-state index contributed by atoms with van der Waals surface area (Å²) in [5.74, 6) is 1.42. The summed E-state index contributed by atoms with van der Waals surface area (Å²) in [6.07, 6.45) is 7.16. The Kier molecular flexibility index (Phi) is 3.99. The Balaban J connectivity index is 2.08. The quantitative estimate of drug-likeness (QED) is 0.849. The van der Waals surface area contributed by atoms with Crippen molar-refractivity contribution in [3.8, 4) is 0 Å². The van der Waals surface area contributed by atoms with Gasteiger partial charge < -0.3 is 5.73 Å². The van der Waals surface area contributed by atoms with Crippen molar-refractivity contribution in [1.82, 2.24) is 24.7 Å². The fraction of sp³-hybridized carbons (Fsp3) is 0.500. The van der Waals surface area contributed by atoms with Gasteiger partial charge >= 0.3 is 0 Å². The molecule has 0 saturated carbocycles. The predicted molar refractivity (Wildman–Crippen MR) is 67.5 cm³/mol. The molecule has 0 aromatic carbocycles. The highest BCUT2D eigenvalue weighted by molar-refractivity contribution is 5.04. The molecule has 0 aliphatic heterocycles. The molecule has 0 amide bonds. The SMILES string of the molecule is CC(C)Cn1ncnc1CC(N)c1cnccn1. The lowest BCUT2D eigenvalue weighted by atomic mass is 10.1. The van der Waals surface area contributed by atoms with Gasteiger partial charge in [0, 0.05) is 31.6 Å². The second-order valence-electron chi connectivity index (χ2n) is 4.69. The Morgan fingerprint density at radius 3 is 2.78 bits per heavy atom. The minimum absolute atomic E-state index is 0.200. The van der Waals surface area contributed by atoms with E-state index in [1.165, 1.54) is 0 Å². The molecule has 0 aliphatic rings. The van der Waals surface area contributed by atoms with Crippen LogP contribution < -0.4 is 5.73 Å². The normalized spacial score (nSPS) is 12.9. The second kappa shape index (κ2) is 5.68. The van der Waals surface area contributed by atoms with Crippen LogP contribution in [0.2, 0.25) is 0 Å². The maximum absolute atomic E-state index is 6.10.